The minimum absolute atomic E-state index is 0.0946. The molecule has 5 rings (SSSR count). The molecule has 0 unspecified atom stereocenters. The number of nitrogens with one attached hydrogen (secondary N) is 1. The first-order chi connectivity index (χ1) is 14.5. The summed E-state index contributed by atoms with van der Waals surface area (Å²) in [6.45, 7) is 1.93. The molecule has 2 fully saturated rings. The van der Waals surface area contributed by atoms with E-state index in [9.17, 15) is 8.42 Å². The van der Waals surface area contributed by atoms with Crippen molar-refractivity contribution >= 4 is 10.0 Å². The van der Waals surface area contributed by atoms with Crippen molar-refractivity contribution in [3.63, 3.8) is 0 Å². The summed E-state index contributed by atoms with van der Waals surface area (Å²) < 4.78 is 32.8. The largest absolute Gasteiger partial charge is 0.315 e. The predicted molar refractivity (Wildman–Crippen MR) is 112 cm³/mol. The number of benzene rings is 1. The van der Waals surface area contributed by atoms with Crippen LogP contribution in [0, 0.1) is 6.92 Å². The zero-order chi connectivity index (χ0) is 20.7. The molecule has 9 heteroatoms. The highest BCUT2D eigenvalue weighted by Gasteiger charge is 2.29. The molecular weight excluding hydrogens is 400 g/mol. The molecule has 158 valence electrons. The highest BCUT2D eigenvalue weighted by atomic mass is 32.2. The first-order valence-corrected chi connectivity index (χ1v) is 12.0. The number of hydrogen-bond acceptors (Lipinski definition) is 5. The van der Waals surface area contributed by atoms with Gasteiger partial charge < -0.3 is 4.57 Å². The van der Waals surface area contributed by atoms with Crippen LogP contribution < -0.4 is 4.72 Å². The standard InChI is InChI=1S/C21H26N6O2S/c1-15-24-22-14-26(15)19-4-2-3-17(13-19)25-30(28,29)20-9-7-18(8-10-20)27-21(11-12-23-27)16-5-6-16/h7-12,14,16-17,19,25H,2-6,13H2,1H3/t17-,19+/m0/s1. The summed E-state index contributed by atoms with van der Waals surface area (Å²) >= 11 is 0. The van der Waals surface area contributed by atoms with Crippen LogP contribution in [0.4, 0.5) is 0 Å². The van der Waals surface area contributed by atoms with Gasteiger partial charge in [0.1, 0.15) is 12.2 Å². The fourth-order valence-corrected chi connectivity index (χ4v) is 5.74. The van der Waals surface area contributed by atoms with Gasteiger partial charge in [-0.15, -0.1) is 10.2 Å². The Bertz CT molecular complexity index is 1130. The van der Waals surface area contributed by atoms with Crippen molar-refractivity contribution in [1.29, 1.82) is 0 Å². The average Bonchev–Trinajstić information content (AvgIpc) is 3.30. The molecule has 2 atom stereocenters. The van der Waals surface area contributed by atoms with Gasteiger partial charge in [-0.2, -0.15) is 5.10 Å². The van der Waals surface area contributed by atoms with Gasteiger partial charge in [-0.3, -0.25) is 0 Å². The van der Waals surface area contributed by atoms with Crippen LogP contribution in [-0.2, 0) is 10.0 Å². The topological polar surface area (TPSA) is 94.7 Å². The van der Waals surface area contributed by atoms with E-state index in [-0.39, 0.29) is 17.0 Å². The molecule has 0 radical (unpaired) electrons. The molecule has 30 heavy (non-hydrogen) atoms. The molecule has 8 nitrogen and oxygen atoms in total. The SMILES string of the molecule is Cc1nncn1[C@@H]1CCC[C@H](NS(=O)(=O)c2ccc(-n3nccc3C3CC3)cc2)C1. The minimum atomic E-state index is -3.58. The van der Waals surface area contributed by atoms with Gasteiger partial charge in [0, 0.05) is 29.9 Å². The van der Waals surface area contributed by atoms with E-state index in [1.54, 1.807) is 24.7 Å². The molecular formula is C21H26N6O2S. The number of aryl methyl sites for hydroxylation is 1. The first-order valence-electron chi connectivity index (χ1n) is 10.5. The molecule has 0 saturated heterocycles. The van der Waals surface area contributed by atoms with Gasteiger partial charge in [-0.05, 0) is 75.8 Å². The minimum Gasteiger partial charge on any atom is -0.315 e. The molecule has 1 N–H and O–H groups in total. The third-order valence-electron chi connectivity index (χ3n) is 6.17. The zero-order valence-electron chi connectivity index (χ0n) is 17.0. The molecule has 2 aliphatic rings. The Balaban J connectivity index is 1.30. The van der Waals surface area contributed by atoms with Gasteiger partial charge >= 0.3 is 0 Å². The summed E-state index contributed by atoms with van der Waals surface area (Å²) in [5.41, 5.74) is 2.09. The van der Waals surface area contributed by atoms with E-state index in [2.05, 4.69) is 24.6 Å². The summed E-state index contributed by atoms with van der Waals surface area (Å²) in [4.78, 5) is 0.286. The van der Waals surface area contributed by atoms with E-state index in [0.717, 1.165) is 37.2 Å². The number of sulfonamides is 1. The molecule has 0 aliphatic heterocycles. The van der Waals surface area contributed by atoms with Crippen LogP contribution in [0.5, 0.6) is 0 Å². The lowest BCUT2D eigenvalue weighted by Crippen LogP contribution is -2.38. The first kappa shape index (κ1) is 19.4. The van der Waals surface area contributed by atoms with Crippen molar-refractivity contribution < 1.29 is 8.42 Å². The quantitative estimate of drug-likeness (QED) is 0.653. The Morgan fingerprint density at radius 1 is 1.07 bits per heavy atom. The van der Waals surface area contributed by atoms with Gasteiger partial charge in [0.15, 0.2) is 0 Å². The summed E-state index contributed by atoms with van der Waals surface area (Å²) in [6, 6.07) is 9.17. The second-order valence-electron chi connectivity index (χ2n) is 8.36. The van der Waals surface area contributed by atoms with Crippen LogP contribution in [0.2, 0.25) is 0 Å². The summed E-state index contributed by atoms with van der Waals surface area (Å²) in [5, 5.41) is 12.4. The summed E-state index contributed by atoms with van der Waals surface area (Å²) in [5.74, 6) is 1.44. The van der Waals surface area contributed by atoms with E-state index in [4.69, 9.17) is 0 Å². The van der Waals surface area contributed by atoms with Crippen molar-refractivity contribution in [1.82, 2.24) is 29.3 Å². The van der Waals surface area contributed by atoms with E-state index in [1.165, 1.54) is 18.5 Å². The Morgan fingerprint density at radius 3 is 2.57 bits per heavy atom. The monoisotopic (exact) mass is 426 g/mol. The van der Waals surface area contributed by atoms with Crippen LogP contribution >= 0.6 is 0 Å². The van der Waals surface area contributed by atoms with E-state index in [0.29, 0.717) is 5.92 Å². The van der Waals surface area contributed by atoms with Crippen molar-refractivity contribution in [3.8, 4) is 5.69 Å². The van der Waals surface area contributed by atoms with Gasteiger partial charge in [0.25, 0.3) is 0 Å². The normalized spacial score (nSPS) is 22.3. The lowest BCUT2D eigenvalue weighted by Gasteiger charge is -2.30. The van der Waals surface area contributed by atoms with Crippen molar-refractivity contribution in [3.05, 3.63) is 54.4 Å². The molecule has 2 aromatic heterocycles. The third kappa shape index (κ3) is 3.79. The average molecular weight is 427 g/mol. The lowest BCUT2D eigenvalue weighted by molar-refractivity contribution is 0.302. The maximum Gasteiger partial charge on any atom is 0.240 e. The van der Waals surface area contributed by atoms with Crippen LogP contribution in [-0.4, -0.2) is 39.0 Å². The van der Waals surface area contributed by atoms with Crippen LogP contribution in [0.25, 0.3) is 5.69 Å². The Kier molecular flexibility index (Phi) is 4.94. The fourth-order valence-electron chi connectivity index (χ4n) is 4.45. The molecule has 2 heterocycles. The second-order valence-corrected chi connectivity index (χ2v) is 10.1. The van der Waals surface area contributed by atoms with Crippen LogP contribution in [0.1, 0.15) is 62.0 Å². The number of nitrogens with zero attached hydrogens (tertiary/aromatic N) is 5. The van der Waals surface area contributed by atoms with E-state index in [1.807, 2.05) is 29.8 Å². The van der Waals surface area contributed by atoms with E-state index < -0.39 is 10.0 Å². The maximum atomic E-state index is 13.0. The maximum absolute atomic E-state index is 13.0. The zero-order valence-corrected chi connectivity index (χ0v) is 17.8. The lowest BCUT2D eigenvalue weighted by atomic mass is 9.91. The van der Waals surface area contributed by atoms with E-state index >= 15 is 0 Å². The van der Waals surface area contributed by atoms with Crippen molar-refractivity contribution in [2.75, 3.05) is 0 Å². The molecule has 3 aromatic rings. The van der Waals surface area contributed by atoms with Crippen LogP contribution in [0.15, 0.2) is 47.8 Å². The second kappa shape index (κ2) is 7.63. The van der Waals surface area contributed by atoms with Gasteiger partial charge in [0.2, 0.25) is 10.0 Å². The Labute approximate surface area is 176 Å². The van der Waals surface area contributed by atoms with Crippen LogP contribution in [0.3, 0.4) is 0 Å². The van der Waals surface area contributed by atoms with Gasteiger partial charge in [-0.25, -0.2) is 17.8 Å². The molecule has 0 amide bonds. The smallest absolute Gasteiger partial charge is 0.240 e. The number of hydrogen-bond donors (Lipinski definition) is 1. The molecule has 0 bridgehead atoms. The highest BCUT2D eigenvalue weighted by Crippen LogP contribution is 2.40. The predicted octanol–water partition coefficient (Wildman–Crippen LogP) is 3.11. The third-order valence-corrected chi connectivity index (χ3v) is 7.71. The summed E-state index contributed by atoms with van der Waals surface area (Å²) in [6.07, 6.45) is 9.49. The molecule has 2 saturated carbocycles. The van der Waals surface area contributed by atoms with Crippen molar-refractivity contribution in [2.45, 2.75) is 68.3 Å². The molecule has 0 spiro atoms. The molecule has 2 aliphatic carbocycles. The number of aromatic nitrogens is 5. The van der Waals surface area contributed by atoms with Gasteiger partial charge in [0.05, 0.1) is 10.6 Å². The Morgan fingerprint density at radius 2 is 1.87 bits per heavy atom. The summed E-state index contributed by atoms with van der Waals surface area (Å²) in [7, 11) is -3.58. The highest BCUT2D eigenvalue weighted by molar-refractivity contribution is 7.89. The molecule has 1 aromatic carbocycles. The number of rotatable bonds is 6. The van der Waals surface area contributed by atoms with Gasteiger partial charge in [-0.1, -0.05) is 0 Å². The Hall–Kier alpha value is -2.52. The van der Waals surface area contributed by atoms with Crippen molar-refractivity contribution in [2.24, 2.45) is 0 Å². The fraction of sp³-hybridized carbons (Fsp3) is 0.476.